The molecule has 0 aromatic carbocycles. The number of aromatic nitrogens is 1. The highest BCUT2D eigenvalue weighted by Gasteiger charge is 2.06. The summed E-state index contributed by atoms with van der Waals surface area (Å²) in [7, 11) is 0. The average Bonchev–Trinajstić information content (AvgIpc) is 2.09. The van der Waals surface area contributed by atoms with Crippen LogP contribution < -0.4 is 5.73 Å². The highest BCUT2D eigenvalue weighted by atomic mass is 32.2. The lowest BCUT2D eigenvalue weighted by Crippen LogP contribution is -1.96. The molecule has 0 atom stereocenters. The van der Waals surface area contributed by atoms with Crippen molar-refractivity contribution < 1.29 is 3.89 Å². The highest BCUT2D eigenvalue weighted by molar-refractivity contribution is 7.94. The molecule has 0 saturated heterocycles. The van der Waals surface area contributed by atoms with Crippen LogP contribution in [-0.4, -0.2) is 4.98 Å². The van der Waals surface area contributed by atoms with Crippen molar-refractivity contribution in [1.29, 1.82) is 0 Å². The fraction of sp³-hybridized carbons (Fsp3) is 0.375. The van der Waals surface area contributed by atoms with E-state index in [1.807, 2.05) is 6.92 Å². The third-order valence-corrected chi connectivity index (χ3v) is 2.15. The molecule has 0 bridgehead atoms. The normalized spacial score (nSPS) is 10.2. The van der Waals surface area contributed by atoms with Gasteiger partial charge in [-0.15, -0.1) is 0 Å². The summed E-state index contributed by atoms with van der Waals surface area (Å²) < 4.78 is 12.3. The molecule has 1 aromatic rings. The van der Waals surface area contributed by atoms with Crippen LogP contribution >= 0.6 is 12.1 Å². The molecule has 4 heteroatoms. The first-order valence-electron chi connectivity index (χ1n) is 3.80. The zero-order chi connectivity index (χ0) is 8.97. The Morgan fingerprint density at radius 1 is 1.58 bits per heavy atom. The zero-order valence-electron chi connectivity index (χ0n) is 6.88. The van der Waals surface area contributed by atoms with E-state index < -0.39 is 0 Å². The van der Waals surface area contributed by atoms with E-state index in [1.165, 1.54) is 6.20 Å². The molecular formula is C8H11FN2S. The molecule has 2 nitrogen and oxygen atoms in total. The lowest BCUT2D eigenvalue weighted by atomic mass is 10.1. The predicted molar refractivity (Wildman–Crippen MR) is 49.6 cm³/mol. The standard InChI is InChI=1S/C8H11FN2S/c1-2-3-6-7(10)4-11-5-8(6)12-9/h4-5H,2-3,10H2,1H3. The van der Waals surface area contributed by atoms with Crippen LogP contribution in [0.25, 0.3) is 0 Å². The fourth-order valence-corrected chi connectivity index (χ4v) is 1.48. The SMILES string of the molecule is CCCc1c(N)cncc1SF. The fourth-order valence-electron chi connectivity index (χ4n) is 1.07. The van der Waals surface area contributed by atoms with Gasteiger partial charge in [0.25, 0.3) is 0 Å². The Bertz CT molecular complexity index is 265. The Balaban J connectivity index is 3.02. The molecule has 1 heterocycles. The van der Waals surface area contributed by atoms with Gasteiger partial charge in [0.05, 0.1) is 28.9 Å². The summed E-state index contributed by atoms with van der Waals surface area (Å²) >= 11 is 0.207. The largest absolute Gasteiger partial charge is 0.397 e. The van der Waals surface area contributed by atoms with Crippen molar-refractivity contribution in [2.24, 2.45) is 0 Å². The molecule has 12 heavy (non-hydrogen) atoms. The molecule has 0 spiro atoms. The van der Waals surface area contributed by atoms with Gasteiger partial charge in [-0.1, -0.05) is 13.3 Å². The first-order valence-corrected chi connectivity index (χ1v) is 4.52. The molecule has 0 aliphatic heterocycles. The molecule has 0 amide bonds. The van der Waals surface area contributed by atoms with E-state index in [-0.39, 0.29) is 12.1 Å². The van der Waals surface area contributed by atoms with Crippen molar-refractivity contribution in [1.82, 2.24) is 4.98 Å². The van der Waals surface area contributed by atoms with Crippen molar-refractivity contribution in [2.45, 2.75) is 24.7 Å². The summed E-state index contributed by atoms with van der Waals surface area (Å²) in [6.07, 6.45) is 4.83. The number of pyridine rings is 1. The van der Waals surface area contributed by atoms with Crippen molar-refractivity contribution >= 4 is 17.8 Å². The zero-order valence-corrected chi connectivity index (χ0v) is 7.70. The Hall–Kier alpha value is -0.770. The minimum Gasteiger partial charge on any atom is -0.397 e. The van der Waals surface area contributed by atoms with Gasteiger partial charge in [-0.2, -0.15) is 3.89 Å². The molecule has 0 saturated carbocycles. The summed E-state index contributed by atoms with van der Waals surface area (Å²) in [6, 6.07) is 0. The van der Waals surface area contributed by atoms with Crippen LogP contribution in [0.3, 0.4) is 0 Å². The van der Waals surface area contributed by atoms with Gasteiger partial charge >= 0.3 is 0 Å². The third-order valence-electron chi connectivity index (χ3n) is 1.63. The van der Waals surface area contributed by atoms with Crippen molar-refractivity contribution in [3.8, 4) is 0 Å². The van der Waals surface area contributed by atoms with Crippen LogP contribution in [0, 0.1) is 0 Å². The van der Waals surface area contributed by atoms with E-state index in [2.05, 4.69) is 4.98 Å². The van der Waals surface area contributed by atoms with Crippen LogP contribution in [0.2, 0.25) is 0 Å². The first kappa shape index (κ1) is 9.32. The number of hydrogen-bond acceptors (Lipinski definition) is 3. The van der Waals surface area contributed by atoms with Crippen LogP contribution in [0.15, 0.2) is 17.3 Å². The van der Waals surface area contributed by atoms with E-state index in [4.69, 9.17) is 5.73 Å². The Morgan fingerprint density at radius 2 is 2.33 bits per heavy atom. The second-order valence-electron chi connectivity index (χ2n) is 2.53. The summed E-state index contributed by atoms with van der Waals surface area (Å²) in [5.74, 6) is 0. The number of hydrogen-bond donors (Lipinski definition) is 1. The van der Waals surface area contributed by atoms with Gasteiger partial charge in [0.1, 0.15) is 0 Å². The quantitative estimate of drug-likeness (QED) is 0.788. The smallest absolute Gasteiger partial charge is 0.0832 e. The maximum atomic E-state index is 12.3. The molecular weight excluding hydrogens is 175 g/mol. The molecule has 0 aliphatic carbocycles. The van der Waals surface area contributed by atoms with E-state index in [9.17, 15) is 3.89 Å². The van der Waals surface area contributed by atoms with Crippen LogP contribution in [0.1, 0.15) is 18.9 Å². The van der Waals surface area contributed by atoms with E-state index in [1.54, 1.807) is 6.20 Å². The summed E-state index contributed by atoms with van der Waals surface area (Å²) in [5.41, 5.74) is 7.10. The minimum absolute atomic E-state index is 0.207. The lowest BCUT2D eigenvalue weighted by molar-refractivity contribution is 0.880. The molecule has 1 rings (SSSR count). The van der Waals surface area contributed by atoms with Gasteiger partial charge < -0.3 is 5.73 Å². The van der Waals surface area contributed by atoms with E-state index in [0.29, 0.717) is 10.6 Å². The summed E-state index contributed by atoms with van der Waals surface area (Å²) in [4.78, 5) is 4.35. The Labute approximate surface area is 75.7 Å². The maximum Gasteiger partial charge on any atom is 0.0832 e. The number of nitrogen functional groups attached to an aromatic ring is 1. The van der Waals surface area contributed by atoms with Gasteiger partial charge in [-0.3, -0.25) is 4.98 Å². The summed E-state index contributed by atoms with van der Waals surface area (Å²) in [5, 5.41) is 0. The first-order chi connectivity index (χ1) is 5.79. The number of halogens is 1. The number of anilines is 1. The van der Waals surface area contributed by atoms with E-state index in [0.717, 1.165) is 18.4 Å². The minimum atomic E-state index is 0.207. The number of nitrogens with two attached hydrogens (primary N) is 1. The Kier molecular flexibility index (Phi) is 3.34. The third kappa shape index (κ3) is 1.88. The van der Waals surface area contributed by atoms with Crippen molar-refractivity contribution in [3.63, 3.8) is 0 Å². The van der Waals surface area contributed by atoms with Crippen LogP contribution in [0.4, 0.5) is 9.57 Å². The lowest BCUT2D eigenvalue weighted by Gasteiger charge is -2.05. The van der Waals surface area contributed by atoms with Gasteiger partial charge in [0.15, 0.2) is 0 Å². The van der Waals surface area contributed by atoms with Crippen molar-refractivity contribution in [2.75, 3.05) is 5.73 Å². The topological polar surface area (TPSA) is 38.9 Å². The maximum absolute atomic E-state index is 12.3. The monoisotopic (exact) mass is 186 g/mol. The molecule has 0 radical (unpaired) electrons. The highest BCUT2D eigenvalue weighted by Crippen LogP contribution is 2.27. The van der Waals surface area contributed by atoms with Gasteiger partial charge in [0, 0.05) is 6.20 Å². The van der Waals surface area contributed by atoms with Gasteiger partial charge in [-0.25, -0.2) is 0 Å². The molecule has 0 fully saturated rings. The molecule has 0 unspecified atom stereocenters. The predicted octanol–water partition coefficient (Wildman–Crippen LogP) is 2.59. The molecule has 66 valence electrons. The van der Waals surface area contributed by atoms with Crippen LogP contribution in [-0.2, 0) is 6.42 Å². The van der Waals surface area contributed by atoms with E-state index >= 15 is 0 Å². The van der Waals surface area contributed by atoms with Crippen molar-refractivity contribution in [3.05, 3.63) is 18.0 Å². The summed E-state index contributed by atoms with van der Waals surface area (Å²) in [6.45, 7) is 2.03. The molecule has 2 N–H and O–H groups in total. The average molecular weight is 186 g/mol. The second-order valence-corrected chi connectivity index (χ2v) is 3.13. The molecule has 0 aliphatic rings. The number of nitrogens with zero attached hydrogens (tertiary/aromatic N) is 1. The number of rotatable bonds is 3. The Morgan fingerprint density at radius 3 is 2.92 bits per heavy atom. The van der Waals surface area contributed by atoms with Gasteiger partial charge in [-0.05, 0) is 12.0 Å². The van der Waals surface area contributed by atoms with Gasteiger partial charge in [0.2, 0.25) is 0 Å². The molecule has 1 aromatic heterocycles. The van der Waals surface area contributed by atoms with Crippen LogP contribution in [0.5, 0.6) is 0 Å². The second kappa shape index (κ2) is 4.30.